The molecule has 2 aliphatic rings. The number of hydrogen-bond donors (Lipinski definition) is 0. The van der Waals surface area contributed by atoms with Crippen LogP contribution in [0.2, 0.25) is 5.02 Å². The lowest BCUT2D eigenvalue weighted by atomic mass is 10.1. The van der Waals surface area contributed by atoms with Crippen LogP contribution in [-0.2, 0) is 4.79 Å². The third-order valence-corrected chi connectivity index (χ3v) is 5.26. The maximum absolute atomic E-state index is 12.9. The van der Waals surface area contributed by atoms with Crippen molar-refractivity contribution in [2.45, 2.75) is 13.0 Å². The van der Waals surface area contributed by atoms with E-state index in [1.54, 1.807) is 29.2 Å². The fourth-order valence-electron chi connectivity index (χ4n) is 3.44. The van der Waals surface area contributed by atoms with E-state index in [2.05, 4.69) is 15.0 Å². The van der Waals surface area contributed by atoms with Crippen LogP contribution in [-0.4, -0.2) is 86.9 Å². The molecule has 8 nitrogen and oxygen atoms in total. The van der Waals surface area contributed by atoms with E-state index < -0.39 is 0 Å². The molecule has 0 aromatic carbocycles. The maximum Gasteiger partial charge on any atom is 0.276 e. The smallest absolute Gasteiger partial charge is 0.276 e. The Labute approximate surface area is 150 Å². The van der Waals surface area contributed by atoms with Gasteiger partial charge in [0, 0.05) is 52.2 Å². The van der Waals surface area contributed by atoms with Gasteiger partial charge in [0.1, 0.15) is 11.1 Å². The Morgan fingerprint density at radius 3 is 2.84 bits per heavy atom. The first-order valence-corrected chi connectivity index (χ1v) is 8.62. The van der Waals surface area contributed by atoms with Gasteiger partial charge in [-0.1, -0.05) is 11.6 Å². The van der Waals surface area contributed by atoms with Crippen LogP contribution in [0.1, 0.15) is 16.1 Å². The molecule has 0 aliphatic carbocycles. The third kappa shape index (κ3) is 2.65. The van der Waals surface area contributed by atoms with Crippen molar-refractivity contribution in [2.75, 3.05) is 39.8 Å². The van der Waals surface area contributed by atoms with Gasteiger partial charge in [-0.15, -0.1) is 0 Å². The summed E-state index contributed by atoms with van der Waals surface area (Å²) in [5, 5.41) is 4.56. The molecule has 0 saturated carbocycles. The van der Waals surface area contributed by atoms with E-state index in [1.165, 1.54) is 4.52 Å². The summed E-state index contributed by atoms with van der Waals surface area (Å²) in [6, 6.07) is -0.285. The number of likely N-dealkylation sites (N-methyl/N-ethyl adjacent to an activating group) is 1. The maximum atomic E-state index is 12.9. The van der Waals surface area contributed by atoms with Crippen LogP contribution in [0.5, 0.6) is 0 Å². The van der Waals surface area contributed by atoms with Crippen molar-refractivity contribution in [1.29, 1.82) is 0 Å². The van der Waals surface area contributed by atoms with E-state index in [9.17, 15) is 9.59 Å². The molecule has 0 N–H and O–H groups in total. The van der Waals surface area contributed by atoms with Crippen molar-refractivity contribution in [3.05, 3.63) is 28.7 Å². The van der Waals surface area contributed by atoms with Crippen molar-refractivity contribution < 1.29 is 9.59 Å². The Kier molecular flexibility index (Phi) is 3.88. The number of piperazine rings is 2. The van der Waals surface area contributed by atoms with Gasteiger partial charge in [0.05, 0.1) is 0 Å². The van der Waals surface area contributed by atoms with Gasteiger partial charge in [0.25, 0.3) is 5.91 Å². The number of fused-ring (bicyclic) bond motifs is 2. The van der Waals surface area contributed by atoms with Crippen molar-refractivity contribution in [3.8, 4) is 0 Å². The summed E-state index contributed by atoms with van der Waals surface area (Å²) in [5.74, 6) is -0.198. The fraction of sp³-hybridized carbons (Fsp3) is 0.500. The van der Waals surface area contributed by atoms with Gasteiger partial charge in [0.2, 0.25) is 5.91 Å². The lowest BCUT2D eigenvalue weighted by molar-refractivity contribution is -0.142. The van der Waals surface area contributed by atoms with Gasteiger partial charge in [-0.05, 0) is 12.5 Å². The molecule has 0 spiro atoms. The molecule has 0 radical (unpaired) electrons. The molecule has 2 aromatic heterocycles. The van der Waals surface area contributed by atoms with Gasteiger partial charge in [-0.2, -0.15) is 5.10 Å². The lowest BCUT2D eigenvalue weighted by Gasteiger charge is -2.45. The molecular formula is C16H19ClN6O2. The van der Waals surface area contributed by atoms with Crippen molar-refractivity contribution in [1.82, 2.24) is 29.3 Å². The summed E-state index contributed by atoms with van der Waals surface area (Å²) in [6.07, 6.45) is 3.47. The third-order valence-electron chi connectivity index (χ3n) is 4.91. The summed E-state index contributed by atoms with van der Waals surface area (Å²) in [7, 11) is 1.80. The number of nitrogens with zero attached hydrogens (tertiary/aromatic N) is 6. The van der Waals surface area contributed by atoms with Gasteiger partial charge in [-0.25, -0.2) is 9.50 Å². The highest BCUT2D eigenvalue weighted by Crippen LogP contribution is 2.24. The van der Waals surface area contributed by atoms with Crippen molar-refractivity contribution >= 4 is 29.1 Å². The largest absolute Gasteiger partial charge is 0.343 e. The highest BCUT2D eigenvalue weighted by molar-refractivity contribution is 6.36. The molecule has 2 aliphatic heterocycles. The average Bonchev–Trinajstić information content (AvgIpc) is 2.93. The van der Waals surface area contributed by atoms with Gasteiger partial charge in [-0.3, -0.25) is 14.5 Å². The SMILES string of the molecule is Cc1cnc2c(Cl)c(C(=O)N3CCN4CCN(C)C(=O)C4C3)nn2c1. The van der Waals surface area contributed by atoms with E-state index in [4.69, 9.17) is 11.6 Å². The Balaban J connectivity index is 1.61. The predicted octanol–water partition coefficient (Wildman–Crippen LogP) is 0.290. The molecule has 9 heteroatoms. The van der Waals surface area contributed by atoms with E-state index in [0.717, 1.165) is 18.7 Å². The normalized spacial score (nSPS) is 21.7. The summed E-state index contributed by atoms with van der Waals surface area (Å²) in [4.78, 5) is 35.1. The standard InChI is InChI=1S/C16H19ClN6O2/c1-10-7-18-14-12(17)13(19-23(14)8-10)16(25)22-6-5-21-4-3-20(2)15(24)11(21)9-22/h7-8,11H,3-6,9H2,1-2H3. The summed E-state index contributed by atoms with van der Waals surface area (Å²) in [6.45, 7) is 5.06. The topological polar surface area (TPSA) is 74.1 Å². The van der Waals surface area contributed by atoms with Crippen molar-refractivity contribution in [2.24, 2.45) is 0 Å². The second-order valence-corrected chi connectivity index (χ2v) is 7.00. The van der Waals surface area contributed by atoms with Crippen LogP contribution in [0, 0.1) is 6.92 Å². The molecule has 2 fully saturated rings. The van der Waals surface area contributed by atoms with E-state index >= 15 is 0 Å². The monoisotopic (exact) mass is 362 g/mol. The fourth-order valence-corrected chi connectivity index (χ4v) is 3.69. The van der Waals surface area contributed by atoms with Crippen LogP contribution >= 0.6 is 11.6 Å². The molecule has 2 aromatic rings. The van der Waals surface area contributed by atoms with Gasteiger partial charge < -0.3 is 9.80 Å². The molecule has 4 heterocycles. The summed E-state index contributed by atoms with van der Waals surface area (Å²) >= 11 is 6.33. The molecule has 4 rings (SSSR count). The number of amides is 2. The van der Waals surface area contributed by atoms with E-state index in [0.29, 0.717) is 25.3 Å². The number of aromatic nitrogens is 3. The molecule has 0 bridgehead atoms. The summed E-state index contributed by atoms with van der Waals surface area (Å²) in [5.41, 5.74) is 1.57. The number of carbonyl (C=O) groups excluding carboxylic acids is 2. The first kappa shape index (κ1) is 16.3. The Bertz CT molecular complexity index is 866. The lowest BCUT2D eigenvalue weighted by Crippen LogP contribution is -2.64. The first-order chi connectivity index (χ1) is 12.0. The molecule has 25 heavy (non-hydrogen) atoms. The quantitative estimate of drug-likeness (QED) is 0.729. The van der Waals surface area contributed by atoms with Crippen LogP contribution in [0.4, 0.5) is 0 Å². The number of hydrogen-bond acceptors (Lipinski definition) is 5. The summed E-state index contributed by atoms with van der Waals surface area (Å²) < 4.78 is 1.53. The Hall–Kier alpha value is -2.19. The number of carbonyl (C=O) groups is 2. The highest BCUT2D eigenvalue weighted by Gasteiger charge is 2.39. The second-order valence-electron chi connectivity index (χ2n) is 6.62. The van der Waals surface area contributed by atoms with Crippen molar-refractivity contribution in [3.63, 3.8) is 0 Å². The average molecular weight is 363 g/mol. The molecule has 1 unspecified atom stereocenters. The van der Waals surface area contributed by atoms with Crippen LogP contribution in [0.3, 0.4) is 0 Å². The highest BCUT2D eigenvalue weighted by atomic mass is 35.5. The predicted molar refractivity (Wildman–Crippen MR) is 91.6 cm³/mol. The van der Waals surface area contributed by atoms with Gasteiger partial charge >= 0.3 is 0 Å². The second kappa shape index (κ2) is 5.96. The molecular weight excluding hydrogens is 344 g/mol. The Morgan fingerprint density at radius 1 is 1.28 bits per heavy atom. The minimum atomic E-state index is -0.285. The van der Waals surface area contributed by atoms with Crippen LogP contribution in [0.25, 0.3) is 5.65 Å². The number of rotatable bonds is 1. The molecule has 2 amide bonds. The zero-order chi connectivity index (χ0) is 17.7. The number of halogens is 1. The van der Waals surface area contributed by atoms with Crippen LogP contribution in [0.15, 0.2) is 12.4 Å². The number of aryl methyl sites for hydroxylation is 1. The molecule has 2 saturated heterocycles. The minimum Gasteiger partial charge on any atom is -0.343 e. The van der Waals surface area contributed by atoms with E-state index in [1.807, 2.05) is 6.92 Å². The van der Waals surface area contributed by atoms with E-state index in [-0.39, 0.29) is 28.6 Å². The zero-order valence-corrected chi connectivity index (χ0v) is 14.9. The molecule has 1 atom stereocenters. The minimum absolute atomic E-state index is 0.0575. The van der Waals surface area contributed by atoms with Gasteiger partial charge in [0.15, 0.2) is 11.3 Å². The first-order valence-electron chi connectivity index (χ1n) is 8.24. The Morgan fingerprint density at radius 2 is 2.04 bits per heavy atom. The molecule has 132 valence electrons. The zero-order valence-electron chi connectivity index (χ0n) is 14.1. The van der Waals surface area contributed by atoms with Crippen LogP contribution < -0.4 is 0 Å².